The molecule has 9 heterocycles. The van der Waals surface area contributed by atoms with Gasteiger partial charge >= 0.3 is 6.09 Å². The van der Waals surface area contributed by atoms with Crippen LogP contribution in [0.1, 0.15) is 50.0 Å². The van der Waals surface area contributed by atoms with Crippen molar-refractivity contribution in [1.82, 2.24) is 60.0 Å². The van der Waals surface area contributed by atoms with E-state index in [2.05, 4.69) is 73.0 Å². The van der Waals surface area contributed by atoms with Crippen LogP contribution in [0.3, 0.4) is 0 Å². The van der Waals surface area contributed by atoms with Crippen LogP contribution in [-0.4, -0.2) is 91.1 Å². The highest BCUT2D eigenvalue weighted by Crippen LogP contribution is 2.30. The van der Waals surface area contributed by atoms with Gasteiger partial charge in [0.05, 0.1) is 69.6 Å². The lowest BCUT2D eigenvalue weighted by atomic mass is 10.1. The van der Waals surface area contributed by atoms with Crippen LogP contribution < -0.4 is 0 Å². The number of hydrogen-bond donors (Lipinski definition) is 2. The molecule has 2 N–H and O–H groups in total. The number of halogens is 9. The Morgan fingerprint density at radius 2 is 1.48 bits per heavy atom. The number of likely N-dealkylation sites (tertiary alicyclic amines) is 1. The van der Waals surface area contributed by atoms with Crippen LogP contribution in [0.5, 0.6) is 0 Å². The highest BCUT2D eigenvalue weighted by molar-refractivity contribution is 14.1. The smallest absolute Gasteiger partial charge is 0.410 e. The van der Waals surface area contributed by atoms with Gasteiger partial charge in [-0.25, -0.2) is 26.7 Å². The number of fused-ring (bicyclic) bond motifs is 3. The quantitative estimate of drug-likeness (QED) is 0.0953. The van der Waals surface area contributed by atoms with Gasteiger partial charge in [0, 0.05) is 49.5 Å². The molecule has 0 radical (unpaired) electrons. The molecule has 0 spiro atoms. The van der Waals surface area contributed by atoms with Crippen molar-refractivity contribution in [2.45, 2.75) is 45.3 Å². The van der Waals surface area contributed by atoms with Crippen molar-refractivity contribution in [1.29, 1.82) is 0 Å². The summed E-state index contributed by atoms with van der Waals surface area (Å²) in [5, 5.41) is 19.2. The first-order valence-electron chi connectivity index (χ1n) is 18.2. The highest BCUT2D eigenvalue weighted by atomic mass is 127. The zero-order valence-electron chi connectivity index (χ0n) is 33.0. The average Bonchev–Trinajstić information content (AvgIpc) is 3.99. The van der Waals surface area contributed by atoms with E-state index in [-0.39, 0.29) is 39.4 Å². The zero-order chi connectivity index (χ0) is 45.8. The van der Waals surface area contributed by atoms with Crippen LogP contribution >= 0.6 is 68.4 Å². The Bertz CT molecular complexity index is 2810. The minimum Gasteiger partial charge on any atom is -0.444 e. The molecular formula is C39H33Cl2F5I2N12O3. The number of amides is 1. The first-order valence-corrected chi connectivity index (χ1v) is 21.1. The molecule has 1 amide bonds. The molecule has 1 fully saturated rings. The Hall–Kier alpha value is -5.21. The summed E-state index contributed by atoms with van der Waals surface area (Å²) in [4.78, 5) is 42.2. The minimum atomic E-state index is -0.675. The van der Waals surface area contributed by atoms with Crippen LogP contribution in [0.15, 0.2) is 74.2 Å². The second kappa shape index (κ2) is 22.4. The largest absolute Gasteiger partial charge is 0.444 e. The number of rotatable bonds is 2. The second-order valence-electron chi connectivity index (χ2n) is 13.9. The van der Waals surface area contributed by atoms with Crippen molar-refractivity contribution in [3.63, 3.8) is 0 Å². The minimum absolute atomic E-state index is 0.0710. The van der Waals surface area contributed by atoms with E-state index >= 15 is 0 Å². The monoisotopic (exact) mass is 1140 g/mol. The molecule has 63 heavy (non-hydrogen) atoms. The number of carbonyl (C=O) groups is 2. The number of aldehydes is 1. The van der Waals surface area contributed by atoms with E-state index in [1.807, 2.05) is 43.4 Å². The van der Waals surface area contributed by atoms with E-state index in [4.69, 9.17) is 27.9 Å². The molecule has 1 aliphatic heterocycles. The summed E-state index contributed by atoms with van der Waals surface area (Å²) < 4.78 is 73.0. The number of carbonyl (C=O) groups excluding carboxylic acids is 2. The first kappa shape index (κ1) is 48.8. The molecule has 0 bridgehead atoms. The van der Waals surface area contributed by atoms with E-state index in [1.54, 1.807) is 28.2 Å². The molecule has 330 valence electrons. The zero-order valence-corrected chi connectivity index (χ0v) is 38.8. The van der Waals surface area contributed by atoms with Gasteiger partial charge in [0.15, 0.2) is 35.4 Å². The van der Waals surface area contributed by atoms with Gasteiger partial charge in [-0.3, -0.25) is 44.6 Å². The summed E-state index contributed by atoms with van der Waals surface area (Å²) >= 11 is 14.8. The number of pyridine rings is 5. The Morgan fingerprint density at radius 3 is 2.11 bits per heavy atom. The lowest BCUT2D eigenvalue weighted by Crippen LogP contribution is -2.43. The summed E-state index contributed by atoms with van der Waals surface area (Å²) in [6, 6.07) is 1.32. The molecule has 15 nitrogen and oxygen atoms in total. The molecule has 1 atom stereocenters. The summed E-state index contributed by atoms with van der Waals surface area (Å²) in [5.41, 5.74) is 0.752. The SMILES string of the molecule is CC(C)(C)OC(=O)N1CCC[C@@H](n2nc(I)c3cncc(F)c32)C1.Fc1cncc2c(I)[nH]nc12.Fc1cncc2cn[nH]c12.Fc1cnccc1Cl.O=Cc1cncc(F)c1Cl. The third kappa shape index (κ3) is 13.2. The normalized spacial score (nSPS) is 13.4. The average molecular weight is 1140 g/mol. The number of hydrogen-bond acceptors (Lipinski definition) is 11. The maximum atomic E-state index is 14.3. The fourth-order valence-electron chi connectivity index (χ4n) is 5.50. The summed E-state index contributed by atoms with van der Waals surface area (Å²) in [6.07, 6.45) is 16.3. The van der Waals surface area contributed by atoms with Crippen molar-refractivity contribution in [3.05, 3.63) is 126 Å². The molecule has 24 heteroatoms. The third-order valence-electron chi connectivity index (χ3n) is 8.31. The van der Waals surface area contributed by atoms with Gasteiger partial charge in [-0.15, -0.1) is 0 Å². The number of aromatic amines is 2. The molecule has 1 aliphatic rings. The van der Waals surface area contributed by atoms with Crippen molar-refractivity contribution in [2.75, 3.05) is 13.1 Å². The van der Waals surface area contributed by atoms with Crippen LogP contribution in [-0.2, 0) is 4.74 Å². The van der Waals surface area contributed by atoms with Gasteiger partial charge in [0.25, 0.3) is 0 Å². The predicted octanol–water partition coefficient (Wildman–Crippen LogP) is 10.1. The van der Waals surface area contributed by atoms with E-state index in [9.17, 15) is 31.5 Å². The number of nitrogens with one attached hydrogen (secondary N) is 2. The van der Waals surface area contributed by atoms with E-state index in [0.29, 0.717) is 50.4 Å². The Labute approximate surface area is 391 Å². The first-order chi connectivity index (χ1) is 30.0. The van der Waals surface area contributed by atoms with Crippen LogP contribution in [0, 0.1) is 36.5 Å². The summed E-state index contributed by atoms with van der Waals surface area (Å²) in [5.74, 6) is -2.30. The van der Waals surface area contributed by atoms with Crippen LogP contribution in [0.2, 0.25) is 10.0 Å². The molecule has 8 aromatic rings. The fraction of sp³-hybridized carbons (Fsp3) is 0.231. The number of aromatic nitrogens is 11. The number of piperidine rings is 1. The summed E-state index contributed by atoms with van der Waals surface area (Å²) in [7, 11) is 0. The maximum absolute atomic E-state index is 14.3. The maximum Gasteiger partial charge on any atom is 0.410 e. The standard InChI is InChI=1S/C16H20FIN4O2.C6H3ClFNO.C6H3FIN3.C6H4FN3.C5H3ClFN/c1-16(2,3)24-15(23)21-6-4-5-10(9-21)22-13-11(14(18)20-22)7-19-8-12(13)17;7-6-4(3-10)1-9-2-5(6)8;7-4-2-9-1-3-5(4)10-11-6(3)8;7-5-3-8-1-4-2-9-10-6(4)5;6-4-1-2-8-3-5(4)7/h7-8,10H,4-6,9H2,1-3H3;1-3H;1-2H,(H,10,11);1-3H,(H,9,10);1-3H/t10-;;;;/m1..../s1. The number of nitrogens with zero attached hydrogens (tertiary/aromatic N) is 10. The lowest BCUT2D eigenvalue weighted by molar-refractivity contribution is 0.0169. The predicted molar refractivity (Wildman–Crippen MR) is 240 cm³/mol. The van der Waals surface area contributed by atoms with Crippen molar-refractivity contribution >= 4 is 113 Å². The molecule has 0 saturated carbocycles. The Balaban J connectivity index is 0.000000161. The Kier molecular flexibility index (Phi) is 17.4. The van der Waals surface area contributed by atoms with Crippen molar-refractivity contribution in [3.8, 4) is 0 Å². The van der Waals surface area contributed by atoms with E-state index in [1.165, 1.54) is 30.9 Å². The van der Waals surface area contributed by atoms with Crippen molar-refractivity contribution < 1.29 is 36.3 Å². The third-order valence-corrected chi connectivity index (χ3v) is 10.6. The van der Waals surface area contributed by atoms with E-state index < -0.39 is 23.1 Å². The molecule has 8 aromatic heterocycles. The van der Waals surface area contributed by atoms with Gasteiger partial charge in [-0.1, -0.05) is 23.2 Å². The number of ether oxygens (including phenoxy) is 1. The topological polar surface area (TPSA) is 186 Å². The van der Waals surface area contributed by atoms with Crippen molar-refractivity contribution in [2.24, 2.45) is 0 Å². The van der Waals surface area contributed by atoms with E-state index in [0.717, 1.165) is 46.7 Å². The molecule has 9 rings (SSSR count). The van der Waals surface area contributed by atoms with Gasteiger partial charge in [-0.2, -0.15) is 15.3 Å². The molecule has 0 unspecified atom stereocenters. The van der Waals surface area contributed by atoms with Crippen LogP contribution in [0.4, 0.5) is 26.7 Å². The van der Waals surface area contributed by atoms with Gasteiger partial charge in [0.1, 0.15) is 29.6 Å². The molecular weight excluding hydrogens is 1100 g/mol. The van der Waals surface area contributed by atoms with Crippen LogP contribution in [0.25, 0.3) is 32.7 Å². The molecule has 0 aromatic carbocycles. The van der Waals surface area contributed by atoms with Gasteiger partial charge < -0.3 is 9.64 Å². The molecule has 0 aliphatic carbocycles. The van der Waals surface area contributed by atoms with Gasteiger partial charge in [0.2, 0.25) is 0 Å². The lowest BCUT2D eigenvalue weighted by Gasteiger charge is -2.34. The molecule has 1 saturated heterocycles. The summed E-state index contributed by atoms with van der Waals surface area (Å²) in [6.45, 7) is 6.64. The highest BCUT2D eigenvalue weighted by Gasteiger charge is 2.30. The van der Waals surface area contributed by atoms with Gasteiger partial charge in [-0.05, 0) is 84.9 Å². The Morgan fingerprint density at radius 1 is 0.825 bits per heavy atom. The second-order valence-corrected chi connectivity index (χ2v) is 16.8. The fourth-order valence-corrected chi connectivity index (χ4v) is 6.89. The number of H-pyrrole nitrogens is 2.